The average Bonchev–Trinajstić information content (AvgIpc) is 2.74. The quantitative estimate of drug-likeness (QED) is 0.809. The zero-order chi connectivity index (χ0) is 20.1. The molecule has 0 spiro atoms. The van der Waals surface area contributed by atoms with Crippen LogP contribution in [0.5, 0.6) is 0 Å². The molecule has 6 nitrogen and oxygen atoms in total. The molecule has 0 saturated heterocycles. The molecular formula is C22H26N4O2. The van der Waals surface area contributed by atoms with E-state index in [0.717, 1.165) is 18.4 Å². The highest BCUT2D eigenvalue weighted by Gasteiger charge is 2.16. The lowest BCUT2D eigenvalue weighted by atomic mass is 9.94. The van der Waals surface area contributed by atoms with Crippen LogP contribution in [0.1, 0.15) is 53.5 Å². The summed E-state index contributed by atoms with van der Waals surface area (Å²) in [6.45, 7) is 2.03. The number of nitrogens with zero attached hydrogens (tertiary/aromatic N) is 3. The third-order valence-electron chi connectivity index (χ3n) is 4.93. The molecule has 1 aromatic carbocycles. The van der Waals surface area contributed by atoms with Gasteiger partial charge in [-0.1, -0.05) is 23.8 Å². The van der Waals surface area contributed by atoms with Crippen LogP contribution < -0.4 is 5.32 Å². The molecule has 1 aliphatic carbocycles. The molecule has 3 rings (SSSR count). The van der Waals surface area contributed by atoms with Crippen LogP contribution in [0, 0.1) is 0 Å². The predicted molar refractivity (Wildman–Crippen MR) is 109 cm³/mol. The van der Waals surface area contributed by atoms with E-state index in [1.807, 2.05) is 19.1 Å². The van der Waals surface area contributed by atoms with E-state index in [9.17, 15) is 9.59 Å². The van der Waals surface area contributed by atoms with Crippen molar-refractivity contribution in [3.05, 3.63) is 59.6 Å². The maximum atomic E-state index is 12.5. The second kappa shape index (κ2) is 8.78. The van der Waals surface area contributed by atoms with Crippen molar-refractivity contribution in [3.8, 4) is 11.3 Å². The summed E-state index contributed by atoms with van der Waals surface area (Å²) >= 11 is 0. The van der Waals surface area contributed by atoms with Crippen molar-refractivity contribution in [3.63, 3.8) is 0 Å². The van der Waals surface area contributed by atoms with Gasteiger partial charge >= 0.3 is 0 Å². The molecule has 0 saturated carbocycles. The standard InChI is InChI=1S/C22H26N4O2/c1-15(16-7-5-4-6-8-16)24-21(27)18-11-9-17(10-12-18)19-13-23-14-20(25-19)22(28)26(2)3/h7,9-15H,4-6,8H2,1-3H3,(H,24,27)/t15-/m1/s1. The third-order valence-corrected chi connectivity index (χ3v) is 4.93. The molecule has 28 heavy (non-hydrogen) atoms. The highest BCUT2D eigenvalue weighted by molar-refractivity contribution is 5.95. The number of hydrogen-bond acceptors (Lipinski definition) is 4. The summed E-state index contributed by atoms with van der Waals surface area (Å²) in [6, 6.07) is 7.25. The van der Waals surface area contributed by atoms with Gasteiger partial charge < -0.3 is 10.2 Å². The smallest absolute Gasteiger partial charge is 0.273 e. The lowest BCUT2D eigenvalue weighted by Crippen LogP contribution is -2.34. The molecule has 0 aliphatic heterocycles. The Kier molecular flexibility index (Phi) is 6.19. The number of carbonyl (C=O) groups excluding carboxylic acids is 2. The minimum Gasteiger partial charge on any atom is -0.346 e. The number of carbonyl (C=O) groups is 2. The molecule has 2 amide bonds. The second-order valence-corrected chi connectivity index (χ2v) is 7.29. The van der Waals surface area contributed by atoms with E-state index in [1.165, 1.54) is 29.5 Å². The number of benzene rings is 1. The molecule has 1 heterocycles. The van der Waals surface area contributed by atoms with E-state index in [1.54, 1.807) is 32.4 Å². The number of allylic oxidation sites excluding steroid dienone is 1. The first-order chi connectivity index (χ1) is 13.5. The van der Waals surface area contributed by atoms with Gasteiger partial charge in [0.1, 0.15) is 5.69 Å². The van der Waals surface area contributed by atoms with Crippen LogP contribution in [-0.2, 0) is 0 Å². The maximum Gasteiger partial charge on any atom is 0.273 e. The Morgan fingerprint density at radius 3 is 2.50 bits per heavy atom. The zero-order valence-electron chi connectivity index (χ0n) is 16.6. The van der Waals surface area contributed by atoms with E-state index in [4.69, 9.17) is 0 Å². The third kappa shape index (κ3) is 4.63. The number of aromatic nitrogens is 2. The van der Waals surface area contributed by atoms with Crippen LogP contribution in [0.25, 0.3) is 11.3 Å². The fourth-order valence-corrected chi connectivity index (χ4v) is 3.26. The van der Waals surface area contributed by atoms with Gasteiger partial charge in [-0.3, -0.25) is 14.6 Å². The summed E-state index contributed by atoms with van der Waals surface area (Å²) < 4.78 is 0. The fourth-order valence-electron chi connectivity index (χ4n) is 3.26. The number of hydrogen-bond donors (Lipinski definition) is 1. The zero-order valence-corrected chi connectivity index (χ0v) is 16.6. The van der Waals surface area contributed by atoms with Crippen LogP contribution in [0.2, 0.25) is 0 Å². The van der Waals surface area contributed by atoms with Crippen LogP contribution in [0.4, 0.5) is 0 Å². The van der Waals surface area contributed by atoms with Crippen molar-refractivity contribution >= 4 is 11.8 Å². The SMILES string of the molecule is C[C@@H](NC(=O)c1ccc(-c2cncc(C(=O)N(C)C)n2)cc1)C1=CCCCC1. The number of nitrogens with one attached hydrogen (secondary N) is 1. The summed E-state index contributed by atoms with van der Waals surface area (Å²) in [4.78, 5) is 34.6. The van der Waals surface area contributed by atoms with E-state index in [0.29, 0.717) is 17.0 Å². The van der Waals surface area contributed by atoms with Gasteiger partial charge in [0.05, 0.1) is 18.1 Å². The molecule has 1 atom stereocenters. The summed E-state index contributed by atoms with van der Waals surface area (Å²) in [7, 11) is 3.35. The van der Waals surface area contributed by atoms with Crippen LogP contribution in [0.15, 0.2) is 48.3 Å². The Labute approximate surface area is 165 Å². The van der Waals surface area contributed by atoms with Gasteiger partial charge in [-0.2, -0.15) is 0 Å². The van der Waals surface area contributed by atoms with E-state index in [2.05, 4.69) is 21.4 Å². The maximum absolute atomic E-state index is 12.5. The number of rotatable bonds is 5. The van der Waals surface area contributed by atoms with Crippen LogP contribution in [0.3, 0.4) is 0 Å². The summed E-state index contributed by atoms with van der Waals surface area (Å²) in [5.74, 6) is -0.288. The second-order valence-electron chi connectivity index (χ2n) is 7.29. The topological polar surface area (TPSA) is 75.2 Å². The number of amides is 2. The van der Waals surface area contributed by atoms with E-state index in [-0.39, 0.29) is 17.9 Å². The van der Waals surface area contributed by atoms with Gasteiger partial charge in [0.2, 0.25) is 0 Å². The lowest BCUT2D eigenvalue weighted by Gasteiger charge is -2.21. The Bertz CT molecular complexity index is 888. The van der Waals surface area contributed by atoms with E-state index < -0.39 is 0 Å². The normalized spacial score (nSPS) is 14.8. The molecule has 6 heteroatoms. The molecule has 0 radical (unpaired) electrons. The fraction of sp³-hybridized carbons (Fsp3) is 0.364. The minimum atomic E-state index is -0.198. The molecule has 1 aliphatic rings. The molecule has 0 unspecified atom stereocenters. The monoisotopic (exact) mass is 378 g/mol. The van der Waals surface area contributed by atoms with Gasteiger partial charge in [0.15, 0.2) is 0 Å². The lowest BCUT2D eigenvalue weighted by molar-refractivity contribution is 0.0821. The van der Waals surface area contributed by atoms with Gasteiger partial charge in [-0.15, -0.1) is 0 Å². The van der Waals surface area contributed by atoms with E-state index >= 15 is 0 Å². The van der Waals surface area contributed by atoms with Crippen molar-refractivity contribution in [1.82, 2.24) is 20.2 Å². The molecule has 0 fully saturated rings. The Morgan fingerprint density at radius 2 is 1.86 bits per heavy atom. The highest BCUT2D eigenvalue weighted by Crippen LogP contribution is 2.21. The summed E-state index contributed by atoms with van der Waals surface area (Å²) in [5, 5.41) is 3.08. The molecule has 146 valence electrons. The molecule has 0 bridgehead atoms. The summed E-state index contributed by atoms with van der Waals surface area (Å²) in [5.41, 5.74) is 3.61. The molecular weight excluding hydrogens is 352 g/mol. The highest BCUT2D eigenvalue weighted by atomic mass is 16.2. The van der Waals surface area contributed by atoms with Crippen LogP contribution in [-0.4, -0.2) is 46.8 Å². The minimum absolute atomic E-state index is 0.0482. The molecule has 1 aromatic heterocycles. The first-order valence-electron chi connectivity index (χ1n) is 9.59. The van der Waals surface area contributed by atoms with Gasteiger partial charge in [0, 0.05) is 31.3 Å². The van der Waals surface area contributed by atoms with Crippen molar-refractivity contribution in [2.24, 2.45) is 0 Å². The van der Waals surface area contributed by atoms with Crippen molar-refractivity contribution < 1.29 is 9.59 Å². The van der Waals surface area contributed by atoms with Crippen molar-refractivity contribution in [2.75, 3.05) is 14.1 Å². The van der Waals surface area contributed by atoms with Crippen molar-refractivity contribution in [2.45, 2.75) is 38.6 Å². The Morgan fingerprint density at radius 1 is 1.11 bits per heavy atom. The van der Waals surface area contributed by atoms with Gasteiger partial charge in [-0.05, 0) is 44.7 Å². The van der Waals surface area contributed by atoms with Crippen molar-refractivity contribution in [1.29, 1.82) is 0 Å². The first-order valence-corrected chi connectivity index (χ1v) is 9.59. The molecule has 2 aromatic rings. The predicted octanol–water partition coefficient (Wildman–Crippen LogP) is 3.46. The van der Waals surface area contributed by atoms with Gasteiger partial charge in [0.25, 0.3) is 11.8 Å². The summed E-state index contributed by atoms with van der Waals surface area (Å²) in [6.07, 6.45) is 9.89. The Balaban J connectivity index is 1.71. The van der Waals surface area contributed by atoms with Gasteiger partial charge in [-0.25, -0.2) is 4.98 Å². The molecule has 1 N–H and O–H groups in total. The average molecular weight is 378 g/mol. The largest absolute Gasteiger partial charge is 0.346 e. The Hall–Kier alpha value is -3.02. The first kappa shape index (κ1) is 19.7. The van der Waals surface area contributed by atoms with Crippen LogP contribution >= 0.6 is 0 Å².